The molecule has 8 heteroatoms. The van der Waals surface area contributed by atoms with E-state index in [2.05, 4.69) is 11.7 Å². The van der Waals surface area contributed by atoms with Gasteiger partial charge in [-0.25, -0.2) is 9.48 Å². The van der Waals surface area contributed by atoms with E-state index in [9.17, 15) is 9.59 Å². The van der Waals surface area contributed by atoms with Crippen molar-refractivity contribution in [2.75, 3.05) is 33.4 Å². The van der Waals surface area contributed by atoms with Crippen molar-refractivity contribution in [1.29, 1.82) is 0 Å². The van der Waals surface area contributed by atoms with E-state index in [1.165, 1.54) is 12.2 Å². The van der Waals surface area contributed by atoms with E-state index in [1.54, 1.807) is 27.9 Å². The quantitative estimate of drug-likeness (QED) is 0.549. The summed E-state index contributed by atoms with van der Waals surface area (Å²) in [7, 11) is 1.47. The second-order valence-electron chi connectivity index (χ2n) is 5.28. The van der Waals surface area contributed by atoms with Crippen LogP contribution < -0.4 is 0 Å². The molecular weight excluding hydrogens is 300 g/mol. The van der Waals surface area contributed by atoms with Crippen molar-refractivity contribution in [3.63, 3.8) is 0 Å². The molecule has 1 unspecified atom stereocenters. The van der Waals surface area contributed by atoms with Crippen molar-refractivity contribution in [1.82, 2.24) is 19.7 Å². The number of aromatic nitrogens is 2. The number of hydrogen-bond donors (Lipinski definition) is 0. The molecule has 3 rings (SSSR count). The minimum absolute atomic E-state index is 0.0143. The molecule has 1 aromatic rings. The topological polar surface area (TPSA) is 76.9 Å². The summed E-state index contributed by atoms with van der Waals surface area (Å²) in [6, 6.07) is 1.24. The summed E-state index contributed by atoms with van der Waals surface area (Å²) in [5.74, 6) is -0.162. The first-order valence-corrected chi connectivity index (χ1v) is 7.25. The first-order valence-electron chi connectivity index (χ1n) is 7.25. The number of urea groups is 1. The van der Waals surface area contributed by atoms with Crippen molar-refractivity contribution in [2.45, 2.75) is 6.04 Å². The van der Waals surface area contributed by atoms with Gasteiger partial charge in [0, 0.05) is 13.7 Å². The molecule has 1 saturated heterocycles. The molecule has 2 aliphatic heterocycles. The number of methoxy groups -OCH3 is 1. The minimum atomic E-state index is -0.208. The average molecular weight is 318 g/mol. The van der Waals surface area contributed by atoms with E-state index in [4.69, 9.17) is 9.57 Å². The highest BCUT2D eigenvalue weighted by Gasteiger charge is 2.41. The lowest BCUT2D eigenvalue weighted by atomic mass is 10.1. The summed E-state index contributed by atoms with van der Waals surface area (Å²) in [6.45, 7) is 4.76. The highest BCUT2D eigenvalue weighted by molar-refractivity contribution is 5.96. The fourth-order valence-electron chi connectivity index (χ4n) is 2.75. The van der Waals surface area contributed by atoms with E-state index in [-0.39, 0.29) is 31.1 Å². The second kappa shape index (κ2) is 6.35. The molecule has 23 heavy (non-hydrogen) atoms. The van der Waals surface area contributed by atoms with Gasteiger partial charge in [0.2, 0.25) is 5.78 Å². The normalized spacial score (nSPS) is 20.0. The summed E-state index contributed by atoms with van der Waals surface area (Å²) in [5.41, 5.74) is 1.20. The van der Waals surface area contributed by atoms with Crippen LogP contribution in [0.5, 0.6) is 0 Å². The number of fused-ring (bicyclic) bond motifs is 2. The van der Waals surface area contributed by atoms with Crippen LogP contribution in [-0.2, 0) is 9.57 Å². The molecule has 122 valence electrons. The Bertz CT molecular complexity index is 666. The summed E-state index contributed by atoms with van der Waals surface area (Å²) in [5, 5.41) is 5.55. The molecule has 1 atom stereocenters. The van der Waals surface area contributed by atoms with Crippen LogP contribution in [0.2, 0.25) is 0 Å². The number of hydroxylamine groups is 2. The number of carbonyl (C=O) groups excluding carboxylic acids is 2. The number of ketones is 1. The molecule has 2 amide bonds. The van der Waals surface area contributed by atoms with Crippen LogP contribution in [0.4, 0.5) is 4.79 Å². The van der Waals surface area contributed by atoms with Crippen molar-refractivity contribution in [2.24, 2.45) is 0 Å². The molecule has 1 fully saturated rings. The van der Waals surface area contributed by atoms with E-state index in [0.29, 0.717) is 18.8 Å². The van der Waals surface area contributed by atoms with E-state index in [0.717, 1.165) is 5.70 Å². The van der Waals surface area contributed by atoms with E-state index >= 15 is 0 Å². The molecule has 8 nitrogen and oxygen atoms in total. The van der Waals surface area contributed by atoms with Gasteiger partial charge in [0.05, 0.1) is 31.1 Å². The van der Waals surface area contributed by atoms with Gasteiger partial charge in [0.1, 0.15) is 12.3 Å². The van der Waals surface area contributed by atoms with Crippen LogP contribution >= 0.6 is 0 Å². The third-order valence-electron chi connectivity index (χ3n) is 3.71. The van der Waals surface area contributed by atoms with Crippen LogP contribution in [0, 0.1) is 0 Å². The Hall–Kier alpha value is -2.45. The van der Waals surface area contributed by atoms with Crippen molar-refractivity contribution in [3.05, 3.63) is 36.7 Å². The van der Waals surface area contributed by atoms with Gasteiger partial charge in [0.15, 0.2) is 0 Å². The fraction of sp³-hybridized carbons (Fsp3) is 0.400. The Labute approximate surface area is 133 Å². The highest BCUT2D eigenvalue weighted by Crippen LogP contribution is 2.27. The first kappa shape index (κ1) is 15.4. The number of rotatable bonds is 7. The van der Waals surface area contributed by atoms with Gasteiger partial charge in [-0.15, -0.1) is 6.58 Å². The van der Waals surface area contributed by atoms with Gasteiger partial charge in [-0.2, -0.15) is 10.2 Å². The summed E-state index contributed by atoms with van der Waals surface area (Å²) in [4.78, 5) is 31.4. The first-order chi connectivity index (χ1) is 11.2. The summed E-state index contributed by atoms with van der Waals surface area (Å²) in [6.07, 6.45) is 5.05. The molecule has 0 N–H and O–H groups in total. The fourth-order valence-corrected chi connectivity index (χ4v) is 2.75. The maximum atomic E-state index is 12.3. The Morgan fingerprint density at radius 1 is 1.57 bits per heavy atom. The van der Waals surface area contributed by atoms with Crippen LogP contribution in [0.1, 0.15) is 10.5 Å². The lowest BCUT2D eigenvalue weighted by Gasteiger charge is -2.22. The third kappa shape index (κ3) is 2.78. The number of carbonyl (C=O) groups is 2. The molecule has 1 aromatic heterocycles. The zero-order valence-corrected chi connectivity index (χ0v) is 12.8. The highest BCUT2D eigenvalue weighted by atomic mass is 16.7. The van der Waals surface area contributed by atoms with Crippen LogP contribution in [0.3, 0.4) is 0 Å². The molecule has 0 aliphatic carbocycles. The SMILES string of the molecule is C=CCON1C(=O)N2CC(n3nccc3C(=O)COC)=CC1C2. The predicted octanol–water partition coefficient (Wildman–Crippen LogP) is 0.790. The molecular formula is C15H18N4O4. The number of ether oxygens (including phenoxy) is 1. The molecule has 2 bridgehead atoms. The van der Waals surface area contributed by atoms with Gasteiger partial charge in [-0.3, -0.25) is 9.63 Å². The van der Waals surface area contributed by atoms with Gasteiger partial charge in [-0.05, 0) is 12.1 Å². The molecule has 0 spiro atoms. The molecule has 2 aliphatic rings. The average Bonchev–Trinajstić information content (AvgIpc) is 3.11. The number of Topliss-reactive ketones (excluding diaryl/α,β-unsaturated/α-hetero) is 1. The molecule has 0 radical (unpaired) electrons. The van der Waals surface area contributed by atoms with Gasteiger partial charge in [0.25, 0.3) is 0 Å². The summed E-state index contributed by atoms with van der Waals surface area (Å²) < 4.78 is 6.45. The monoisotopic (exact) mass is 318 g/mol. The number of nitrogens with zero attached hydrogens (tertiary/aromatic N) is 4. The Kier molecular flexibility index (Phi) is 4.26. The van der Waals surface area contributed by atoms with Crippen molar-refractivity contribution >= 4 is 17.5 Å². The standard InChI is InChI=1S/C15H18N4O4/c1-3-6-23-19-12-7-11(8-17(9-12)15(19)21)18-13(4-5-16-18)14(20)10-22-2/h3-5,7,12H,1,6,8-10H2,2H3. The van der Waals surface area contributed by atoms with Crippen LogP contribution in [-0.4, -0.2) is 71.0 Å². The van der Waals surface area contributed by atoms with Gasteiger partial charge >= 0.3 is 6.03 Å². The van der Waals surface area contributed by atoms with Gasteiger partial charge in [-0.1, -0.05) is 6.08 Å². The number of hydrogen-bond acceptors (Lipinski definition) is 5. The summed E-state index contributed by atoms with van der Waals surface area (Å²) >= 11 is 0. The molecule has 0 aromatic carbocycles. The van der Waals surface area contributed by atoms with Crippen LogP contribution in [0.25, 0.3) is 5.70 Å². The third-order valence-corrected chi connectivity index (χ3v) is 3.71. The smallest absolute Gasteiger partial charge is 0.345 e. The lowest BCUT2D eigenvalue weighted by molar-refractivity contribution is -0.107. The second-order valence-corrected chi connectivity index (χ2v) is 5.28. The zero-order valence-electron chi connectivity index (χ0n) is 12.8. The maximum absolute atomic E-state index is 12.3. The van der Waals surface area contributed by atoms with E-state index < -0.39 is 0 Å². The van der Waals surface area contributed by atoms with Crippen LogP contribution in [0.15, 0.2) is 31.0 Å². The van der Waals surface area contributed by atoms with E-state index in [1.807, 2.05) is 6.08 Å². The number of amides is 2. The lowest BCUT2D eigenvalue weighted by Crippen LogP contribution is -2.33. The minimum Gasteiger partial charge on any atom is -0.376 e. The van der Waals surface area contributed by atoms with Crippen molar-refractivity contribution < 1.29 is 19.2 Å². The Balaban J connectivity index is 1.86. The molecule has 0 saturated carbocycles. The Morgan fingerprint density at radius 2 is 2.39 bits per heavy atom. The van der Waals surface area contributed by atoms with Crippen molar-refractivity contribution in [3.8, 4) is 0 Å². The maximum Gasteiger partial charge on any atom is 0.345 e. The zero-order chi connectivity index (χ0) is 16.4. The largest absolute Gasteiger partial charge is 0.376 e. The molecule has 3 heterocycles. The predicted molar refractivity (Wildman–Crippen MR) is 81.5 cm³/mol. The van der Waals surface area contributed by atoms with Gasteiger partial charge < -0.3 is 9.64 Å². The Morgan fingerprint density at radius 3 is 3.13 bits per heavy atom.